The molecule has 0 heterocycles. The molecule has 1 aromatic carbocycles. The van der Waals surface area contributed by atoms with E-state index in [9.17, 15) is 39.0 Å². The average molecular weight is 634 g/mol. The van der Waals surface area contributed by atoms with E-state index >= 15 is 0 Å². The number of hydrogen-bond donors (Lipinski definition) is 3. The molecule has 2 aliphatic carbocycles. The molecule has 0 aliphatic heterocycles. The number of carbonyl (C=O) groups is 6. The van der Waals surface area contributed by atoms with Gasteiger partial charge in [0.15, 0.2) is 0 Å². The largest absolute Gasteiger partial charge is 0.511 e. The van der Waals surface area contributed by atoms with E-state index < -0.39 is 88.3 Å². The van der Waals surface area contributed by atoms with Gasteiger partial charge < -0.3 is 39.2 Å². The zero-order valence-corrected chi connectivity index (χ0v) is 26.2. The summed E-state index contributed by atoms with van der Waals surface area (Å²) in [7, 11) is 4.10. The van der Waals surface area contributed by atoms with Crippen LogP contribution in [0.2, 0.25) is 0 Å². The Morgan fingerprint density at radius 2 is 1.40 bits per heavy atom. The van der Waals surface area contributed by atoms with Gasteiger partial charge in [0.05, 0.1) is 45.8 Å². The van der Waals surface area contributed by atoms with E-state index in [4.69, 9.17) is 23.7 Å². The monoisotopic (exact) mass is 633 g/mol. The van der Waals surface area contributed by atoms with Crippen LogP contribution in [0.25, 0.3) is 0 Å². The molecule has 3 rings (SSSR count). The van der Waals surface area contributed by atoms with Crippen molar-refractivity contribution in [2.45, 2.75) is 51.2 Å². The summed E-state index contributed by atoms with van der Waals surface area (Å²) >= 11 is 0. The minimum Gasteiger partial charge on any atom is -0.511 e. The van der Waals surface area contributed by atoms with Gasteiger partial charge in [0.1, 0.15) is 29.1 Å². The number of ether oxygens (including phenoxy) is 5. The highest BCUT2D eigenvalue weighted by Crippen LogP contribution is 2.60. The Bertz CT molecular complexity index is 1370. The van der Waals surface area contributed by atoms with E-state index in [2.05, 4.69) is 5.32 Å². The van der Waals surface area contributed by atoms with Gasteiger partial charge in [-0.15, -0.1) is 0 Å². The van der Waals surface area contributed by atoms with Gasteiger partial charge in [-0.3, -0.25) is 19.2 Å². The van der Waals surface area contributed by atoms with Crippen LogP contribution in [0.5, 0.6) is 5.75 Å². The van der Waals surface area contributed by atoms with Crippen molar-refractivity contribution in [3.05, 3.63) is 41.2 Å². The average Bonchev–Trinajstić information content (AvgIpc) is 2.99. The van der Waals surface area contributed by atoms with Gasteiger partial charge in [-0.2, -0.15) is 0 Å². The number of aliphatic hydroxyl groups excluding tert-OH is 1. The number of aliphatic hydroxyl groups is 2. The summed E-state index contributed by atoms with van der Waals surface area (Å²) in [5.74, 6) is -13.8. The first-order valence-electron chi connectivity index (χ1n) is 14.2. The molecular weight excluding hydrogens is 594 g/mol. The Hall–Kier alpha value is -4.46. The topological polar surface area (TPSA) is 201 Å². The lowest BCUT2D eigenvalue weighted by Crippen LogP contribution is -2.68. The molecule has 1 amide bonds. The molecule has 45 heavy (non-hydrogen) atoms. The molecule has 1 aromatic rings. The number of methoxy groups -OCH3 is 4. The fraction of sp³-hybridized carbons (Fsp3) is 0.548. The number of amides is 1. The van der Waals surface area contributed by atoms with Crippen molar-refractivity contribution in [2.75, 3.05) is 28.4 Å². The summed E-state index contributed by atoms with van der Waals surface area (Å²) in [6.07, 6.45) is 0.160. The van der Waals surface area contributed by atoms with Crippen molar-refractivity contribution in [3.8, 4) is 5.75 Å². The fourth-order valence-electron chi connectivity index (χ4n) is 6.57. The lowest BCUT2D eigenvalue weighted by atomic mass is 9.49. The minimum atomic E-state index is -2.68. The van der Waals surface area contributed by atoms with Crippen molar-refractivity contribution < 1.29 is 62.7 Å². The maximum atomic E-state index is 13.4. The minimum absolute atomic E-state index is 0.0783. The van der Waals surface area contributed by atoms with Crippen LogP contribution in [0.1, 0.15) is 45.1 Å². The first kappa shape index (κ1) is 35.0. The maximum Gasteiger partial charge on any atom is 0.337 e. The van der Waals surface area contributed by atoms with Gasteiger partial charge in [-0.25, -0.2) is 9.59 Å². The number of rotatable bonds is 10. The van der Waals surface area contributed by atoms with E-state index in [0.717, 1.165) is 28.4 Å². The van der Waals surface area contributed by atoms with Crippen molar-refractivity contribution in [1.29, 1.82) is 0 Å². The van der Waals surface area contributed by atoms with Crippen molar-refractivity contribution >= 4 is 35.8 Å². The third kappa shape index (κ3) is 6.65. The molecule has 0 radical (unpaired) electrons. The van der Waals surface area contributed by atoms with Crippen LogP contribution < -0.4 is 10.1 Å². The second-order valence-corrected chi connectivity index (χ2v) is 11.5. The van der Waals surface area contributed by atoms with Crippen molar-refractivity contribution in [2.24, 2.45) is 29.6 Å². The Kier molecular flexibility index (Phi) is 11.0. The standard InChI is InChI=1S/C31H39NO13/c1-14(2)12-20(32-15(3)33)26(35)45-17-10-8-16(9-11-17)18-13-19-21(27(36)41-4)25(34)24(30(39)44-7)31(40,22(18)28(37)42-5)23(19)29(38)43-6/h8-11,14,18-20,22-24,34,40H,12-13H2,1-7H3,(H,32,33)/t18?,19-,20?,22+,23+,24?,31+/m0/s1. The summed E-state index contributed by atoms with van der Waals surface area (Å²) in [5.41, 5.74) is -2.75. The summed E-state index contributed by atoms with van der Waals surface area (Å²) in [4.78, 5) is 77.2. The van der Waals surface area contributed by atoms with E-state index in [-0.39, 0.29) is 18.1 Å². The van der Waals surface area contributed by atoms with E-state index in [1.54, 1.807) is 0 Å². The molecule has 0 saturated heterocycles. The van der Waals surface area contributed by atoms with E-state index in [1.165, 1.54) is 31.2 Å². The SMILES string of the molecule is COC(=O)C1=C(O)C(C(=O)OC)[C@@]2(O)[C@@H](C(=O)OC)C(c3ccc(OC(=O)C(CC(C)C)NC(C)=O)cc3)C[C@@H]1[C@@H]2C(=O)OC. The van der Waals surface area contributed by atoms with Crippen LogP contribution in [-0.4, -0.2) is 86.0 Å². The number of hydrogen-bond acceptors (Lipinski definition) is 13. The molecule has 14 heteroatoms. The van der Waals surface area contributed by atoms with Crippen LogP contribution in [0.4, 0.5) is 0 Å². The molecule has 7 atom stereocenters. The van der Waals surface area contributed by atoms with Gasteiger partial charge >= 0.3 is 29.8 Å². The highest BCUT2D eigenvalue weighted by atomic mass is 16.5. The van der Waals surface area contributed by atoms with E-state index in [0.29, 0.717) is 12.0 Å². The maximum absolute atomic E-state index is 13.4. The van der Waals surface area contributed by atoms with Crippen LogP contribution in [-0.2, 0) is 47.7 Å². The predicted octanol–water partition coefficient (Wildman–Crippen LogP) is 1.34. The quantitative estimate of drug-likeness (QED) is 0.190. The smallest absolute Gasteiger partial charge is 0.337 e. The summed E-state index contributed by atoms with van der Waals surface area (Å²) in [5, 5.41) is 26.2. The number of fused-ring (bicyclic) bond motifs is 2. The van der Waals surface area contributed by atoms with Gasteiger partial charge in [0.2, 0.25) is 5.91 Å². The lowest BCUT2D eigenvalue weighted by Gasteiger charge is -2.55. The zero-order valence-electron chi connectivity index (χ0n) is 26.2. The lowest BCUT2D eigenvalue weighted by molar-refractivity contribution is -0.208. The zero-order chi connectivity index (χ0) is 33.8. The van der Waals surface area contributed by atoms with Crippen LogP contribution >= 0.6 is 0 Å². The summed E-state index contributed by atoms with van der Waals surface area (Å²) in [6, 6.07) is 4.98. The molecule has 2 bridgehead atoms. The van der Waals surface area contributed by atoms with Crippen LogP contribution in [0.3, 0.4) is 0 Å². The Balaban J connectivity index is 2.15. The second kappa shape index (κ2) is 14.1. The molecular formula is C31H39NO13. The molecule has 246 valence electrons. The number of esters is 5. The molecule has 2 aliphatic rings. The van der Waals surface area contributed by atoms with Crippen LogP contribution in [0, 0.1) is 29.6 Å². The fourth-order valence-corrected chi connectivity index (χ4v) is 6.57. The van der Waals surface area contributed by atoms with Gasteiger partial charge in [-0.1, -0.05) is 26.0 Å². The highest BCUT2D eigenvalue weighted by molar-refractivity contribution is 5.96. The number of carbonyl (C=O) groups excluding carboxylic acids is 6. The Labute approximate surface area is 260 Å². The van der Waals surface area contributed by atoms with E-state index in [1.807, 2.05) is 13.8 Å². The molecule has 3 unspecified atom stereocenters. The Morgan fingerprint density at radius 3 is 1.87 bits per heavy atom. The molecule has 14 nitrogen and oxygen atoms in total. The van der Waals surface area contributed by atoms with Crippen LogP contribution in [0.15, 0.2) is 35.6 Å². The van der Waals surface area contributed by atoms with Gasteiger partial charge in [-0.05, 0) is 36.5 Å². The molecule has 1 fully saturated rings. The van der Waals surface area contributed by atoms with Gasteiger partial charge in [0, 0.05) is 18.8 Å². The summed E-state index contributed by atoms with van der Waals surface area (Å²) in [6.45, 7) is 5.06. The second-order valence-electron chi connectivity index (χ2n) is 11.5. The van der Waals surface area contributed by atoms with Crippen molar-refractivity contribution in [1.82, 2.24) is 5.32 Å². The molecule has 0 aromatic heterocycles. The number of nitrogens with one attached hydrogen (secondary N) is 1. The summed E-state index contributed by atoms with van der Waals surface area (Å²) < 4.78 is 25.1. The third-order valence-corrected chi connectivity index (χ3v) is 8.34. The molecule has 3 N–H and O–H groups in total. The highest BCUT2D eigenvalue weighted by Gasteiger charge is 2.71. The molecule has 1 saturated carbocycles. The third-order valence-electron chi connectivity index (χ3n) is 8.34. The first-order valence-corrected chi connectivity index (χ1v) is 14.2. The van der Waals surface area contributed by atoms with Crippen molar-refractivity contribution in [3.63, 3.8) is 0 Å². The normalized spacial score (nSPS) is 26.3. The predicted molar refractivity (Wildman–Crippen MR) is 153 cm³/mol. The number of benzene rings is 1. The van der Waals surface area contributed by atoms with Gasteiger partial charge in [0.25, 0.3) is 0 Å². The molecule has 0 spiro atoms. The Morgan fingerprint density at radius 1 is 0.867 bits per heavy atom. The first-order chi connectivity index (χ1) is 21.2.